The van der Waals surface area contributed by atoms with Gasteiger partial charge in [0, 0.05) is 6.42 Å². The fraction of sp³-hybridized carbons (Fsp3) is 0.964. The Morgan fingerprint density at radius 3 is 0.984 bits per heavy atom. The molecule has 3 unspecified atom stereocenters. The average molecular weight is 879 g/mol. The second-order valence-electron chi connectivity index (χ2n) is 19.7. The molecule has 62 heavy (non-hydrogen) atoms. The molecule has 0 aromatic rings. The number of aliphatic hydroxyl groups is 2. The van der Waals surface area contributed by atoms with E-state index in [1.807, 2.05) is 0 Å². The molecule has 3 atom stereocenters. The second kappa shape index (κ2) is 50.9. The van der Waals surface area contributed by atoms with Gasteiger partial charge in [-0.25, -0.2) is 0 Å². The summed E-state index contributed by atoms with van der Waals surface area (Å²) in [6.07, 6.45) is 55.9. The first-order valence-corrected chi connectivity index (χ1v) is 28.3. The molecule has 0 aliphatic carbocycles. The molecule has 370 valence electrons. The summed E-state index contributed by atoms with van der Waals surface area (Å²) in [6.45, 7) is 6.53. The van der Waals surface area contributed by atoms with E-state index in [9.17, 15) is 19.8 Å². The lowest BCUT2D eigenvalue weighted by molar-refractivity contribution is -0.151. The van der Waals surface area contributed by atoms with Crippen molar-refractivity contribution >= 4 is 11.9 Å². The molecule has 6 nitrogen and oxygen atoms in total. The van der Waals surface area contributed by atoms with Gasteiger partial charge in [-0.2, -0.15) is 0 Å². The average Bonchev–Trinajstić information content (AvgIpc) is 3.26. The van der Waals surface area contributed by atoms with Crippen molar-refractivity contribution in [3.63, 3.8) is 0 Å². The Kier molecular flexibility index (Phi) is 49.9. The summed E-state index contributed by atoms with van der Waals surface area (Å²) >= 11 is 0. The molecule has 0 aliphatic heterocycles. The van der Waals surface area contributed by atoms with Gasteiger partial charge < -0.3 is 20.3 Å². The maximum atomic E-state index is 13.2. The minimum atomic E-state index is -0.780. The van der Waals surface area contributed by atoms with Crippen LogP contribution in [-0.2, 0) is 14.3 Å². The van der Waals surface area contributed by atoms with E-state index in [2.05, 4.69) is 26.1 Å². The highest BCUT2D eigenvalue weighted by molar-refractivity contribution is 5.77. The Labute approximate surface area is 387 Å². The molecular weight excluding hydrogens is 767 g/mol. The summed E-state index contributed by atoms with van der Waals surface area (Å²) in [5.74, 6) is -0.448. The lowest BCUT2D eigenvalue weighted by atomic mass is 10.0. The first-order chi connectivity index (χ1) is 30.5. The molecule has 0 saturated carbocycles. The van der Waals surface area contributed by atoms with Crippen molar-refractivity contribution in [3.05, 3.63) is 0 Å². The third-order valence-corrected chi connectivity index (χ3v) is 13.4. The maximum Gasteiger partial charge on any atom is 0.306 e. The molecule has 0 radical (unpaired) electrons. The molecular formula is C56H111NO5. The molecule has 0 saturated heterocycles. The van der Waals surface area contributed by atoms with E-state index in [1.54, 1.807) is 0 Å². The monoisotopic (exact) mass is 878 g/mol. The van der Waals surface area contributed by atoms with Crippen molar-refractivity contribution in [2.45, 2.75) is 341 Å². The summed E-state index contributed by atoms with van der Waals surface area (Å²) in [5, 5.41) is 23.9. The van der Waals surface area contributed by atoms with Gasteiger partial charge in [-0.1, -0.05) is 284 Å². The summed E-state index contributed by atoms with van der Waals surface area (Å²) in [4.78, 5) is 26.2. The van der Waals surface area contributed by atoms with Crippen LogP contribution in [0.5, 0.6) is 0 Å². The van der Waals surface area contributed by atoms with Crippen LogP contribution in [0.25, 0.3) is 0 Å². The quantitative estimate of drug-likeness (QED) is 0.0418. The Morgan fingerprint density at radius 1 is 0.403 bits per heavy atom. The van der Waals surface area contributed by atoms with Crippen molar-refractivity contribution in [1.29, 1.82) is 0 Å². The van der Waals surface area contributed by atoms with Gasteiger partial charge in [-0.3, -0.25) is 9.59 Å². The van der Waals surface area contributed by atoms with Crippen LogP contribution in [0.15, 0.2) is 0 Å². The van der Waals surface area contributed by atoms with Crippen molar-refractivity contribution in [2.75, 3.05) is 6.61 Å². The highest BCUT2D eigenvalue weighted by Crippen LogP contribution is 2.19. The number of aliphatic hydroxyl groups excluding tert-OH is 2. The summed E-state index contributed by atoms with van der Waals surface area (Å²) < 4.78 is 5.95. The molecule has 0 rings (SSSR count). The first-order valence-electron chi connectivity index (χ1n) is 28.3. The van der Waals surface area contributed by atoms with E-state index < -0.39 is 18.2 Å². The van der Waals surface area contributed by atoms with Gasteiger partial charge in [-0.05, 0) is 25.7 Å². The Bertz CT molecular complexity index is 898. The zero-order chi connectivity index (χ0) is 45.2. The summed E-state index contributed by atoms with van der Waals surface area (Å²) in [7, 11) is 0. The number of hydrogen-bond donors (Lipinski definition) is 3. The molecule has 0 bridgehead atoms. The van der Waals surface area contributed by atoms with Gasteiger partial charge in [0.05, 0.1) is 25.2 Å². The van der Waals surface area contributed by atoms with Crippen LogP contribution in [0.1, 0.15) is 323 Å². The van der Waals surface area contributed by atoms with Gasteiger partial charge in [0.2, 0.25) is 5.91 Å². The largest absolute Gasteiger partial charge is 0.462 e. The lowest BCUT2D eigenvalue weighted by Gasteiger charge is -2.24. The Morgan fingerprint density at radius 2 is 0.677 bits per heavy atom. The predicted molar refractivity (Wildman–Crippen MR) is 269 cm³/mol. The fourth-order valence-corrected chi connectivity index (χ4v) is 9.14. The topological polar surface area (TPSA) is 95.9 Å². The standard InChI is InChI=1S/C56H111NO5/c1-4-7-10-13-16-19-22-24-26-27-29-30-33-35-38-41-44-47-52(62-56(61)49-46-43-40-37-32-21-18-15-12-9-6-3)50-55(60)57-53(51-58)54(59)48-45-42-39-36-34-31-28-25-23-20-17-14-11-8-5-2/h52-54,58-59H,4-51H2,1-3H3,(H,57,60). The highest BCUT2D eigenvalue weighted by Gasteiger charge is 2.24. The number of carbonyl (C=O) groups is 2. The third-order valence-electron chi connectivity index (χ3n) is 13.4. The zero-order valence-electron chi connectivity index (χ0n) is 42.3. The molecule has 0 spiro atoms. The van der Waals surface area contributed by atoms with Crippen molar-refractivity contribution in [2.24, 2.45) is 0 Å². The number of esters is 1. The van der Waals surface area contributed by atoms with Gasteiger partial charge in [-0.15, -0.1) is 0 Å². The SMILES string of the molecule is CCCCCCCCCCCCCCCCCCCC(CC(=O)NC(CO)C(O)CCCCCCCCCCCCCCCCC)OC(=O)CCCCCCCCCCCCC. The molecule has 1 amide bonds. The molecule has 0 aromatic heterocycles. The third kappa shape index (κ3) is 45.4. The zero-order valence-corrected chi connectivity index (χ0v) is 42.3. The van der Waals surface area contributed by atoms with Crippen LogP contribution >= 0.6 is 0 Å². The van der Waals surface area contributed by atoms with Crippen LogP contribution in [0.4, 0.5) is 0 Å². The number of hydrogen-bond acceptors (Lipinski definition) is 5. The highest BCUT2D eigenvalue weighted by atomic mass is 16.5. The normalized spacial score (nSPS) is 13.0. The molecule has 0 heterocycles. The minimum absolute atomic E-state index is 0.0883. The van der Waals surface area contributed by atoms with E-state index in [0.717, 1.165) is 44.9 Å². The summed E-state index contributed by atoms with van der Waals surface area (Å²) in [5.41, 5.74) is 0. The lowest BCUT2D eigenvalue weighted by Crippen LogP contribution is -2.46. The maximum absolute atomic E-state index is 13.2. The Balaban J connectivity index is 4.46. The van der Waals surface area contributed by atoms with Crippen molar-refractivity contribution in [1.82, 2.24) is 5.32 Å². The van der Waals surface area contributed by atoms with Crippen LogP contribution < -0.4 is 5.32 Å². The number of amides is 1. The van der Waals surface area contributed by atoms with E-state index in [0.29, 0.717) is 19.3 Å². The van der Waals surface area contributed by atoms with E-state index in [1.165, 1.54) is 231 Å². The predicted octanol–water partition coefficient (Wildman–Crippen LogP) is 17.1. The number of nitrogens with one attached hydrogen (secondary N) is 1. The van der Waals surface area contributed by atoms with Gasteiger partial charge in [0.25, 0.3) is 0 Å². The van der Waals surface area contributed by atoms with Gasteiger partial charge in [0.1, 0.15) is 6.10 Å². The molecule has 0 aliphatic rings. The Hall–Kier alpha value is -1.14. The van der Waals surface area contributed by atoms with E-state index in [4.69, 9.17) is 4.74 Å². The smallest absolute Gasteiger partial charge is 0.306 e. The molecule has 6 heteroatoms. The second-order valence-corrected chi connectivity index (χ2v) is 19.7. The van der Waals surface area contributed by atoms with Crippen molar-refractivity contribution < 1.29 is 24.5 Å². The number of rotatable bonds is 52. The fourth-order valence-electron chi connectivity index (χ4n) is 9.14. The summed E-state index contributed by atoms with van der Waals surface area (Å²) in [6, 6.07) is -0.692. The van der Waals surface area contributed by atoms with Crippen LogP contribution in [0.2, 0.25) is 0 Å². The number of carbonyl (C=O) groups excluding carboxylic acids is 2. The van der Waals surface area contributed by atoms with E-state index >= 15 is 0 Å². The minimum Gasteiger partial charge on any atom is -0.462 e. The number of unbranched alkanes of at least 4 members (excludes halogenated alkanes) is 40. The number of ether oxygens (including phenoxy) is 1. The molecule has 0 aromatic carbocycles. The van der Waals surface area contributed by atoms with Crippen LogP contribution in [-0.4, -0.2) is 46.9 Å². The molecule has 0 fully saturated rings. The van der Waals surface area contributed by atoms with Crippen LogP contribution in [0.3, 0.4) is 0 Å². The van der Waals surface area contributed by atoms with Gasteiger partial charge >= 0.3 is 5.97 Å². The molecule has 3 N–H and O–H groups in total. The van der Waals surface area contributed by atoms with Gasteiger partial charge in [0.15, 0.2) is 0 Å². The van der Waals surface area contributed by atoms with E-state index in [-0.39, 0.29) is 24.9 Å². The van der Waals surface area contributed by atoms with Crippen LogP contribution in [0, 0.1) is 0 Å². The first kappa shape index (κ1) is 60.9. The van der Waals surface area contributed by atoms with Crippen molar-refractivity contribution in [3.8, 4) is 0 Å².